The zero-order chi connectivity index (χ0) is 9.40. The molecule has 0 aliphatic carbocycles. The molecule has 0 aliphatic rings. The predicted molar refractivity (Wildman–Crippen MR) is 49.9 cm³/mol. The second-order valence-corrected chi connectivity index (χ2v) is 3.60. The summed E-state index contributed by atoms with van der Waals surface area (Å²) in [7, 11) is 0. The van der Waals surface area contributed by atoms with Crippen molar-refractivity contribution < 1.29 is 9.08 Å². The molecule has 0 aliphatic heterocycles. The van der Waals surface area contributed by atoms with E-state index in [1.54, 1.807) is 0 Å². The number of halogens is 1. The van der Waals surface area contributed by atoms with Crippen LogP contribution in [-0.4, -0.2) is 5.97 Å². The van der Waals surface area contributed by atoms with Crippen molar-refractivity contribution in [2.45, 2.75) is 46.0 Å². The Morgan fingerprint density at radius 2 is 2.00 bits per heavy atom. The van der Waals surface area contributed by atoms with Gasteiger partial charge in [0.25, 0.3) is 0 Å². The standard InChI is InChI=1S/C9H17ClO2/c1-8(2)6-4-3-5-7-9(11)12-10/h8H,3-7H2,1-2H3. The molecule has 3 heteroatoms. The summed E-state index contributed by atoms with van der Waals surface area (Å²) in [5.74, 6) is 0.436. The summed E-state index contributed by atoms with van der Waals surface area (Å²) in [6.45, 7) is 4.40. The molecule has 0 aromatic carbocycles. The molecule has 0 aromatic heterocycles. The van der Waals surface area contributed by atoms with Crippen molar-refractivity contribution >= 4 is 17.8 Å². The highest BCUT2D eigenvalue weighted by Crippen LogP contribution is 2.09. The number of hydrogen-bond donors (Lipinski definition) is 0. The van der Waals surface area contributed by atoms with Crippen molar-refractivity contribution in [1.82, 2.24) is 0 Å². The first kappa shape index (κ1) is 11.8. The summed E-state index contributed by atoms with van der Waals surface area (Å²) >= 11 is 4.87. The van der Waals surface area contributed by atoms with Gasteiger partial charge in [-0.05, 0) is 12.3 Å². The van der Waals surface area contributed by atoms with E-state index in [1.807, 2.05) is 0 Å². The highest BCUT2D eigenvalue weighted by Gasteiger charge is 2.00. The molecule has 0 unspecified atom stereocenters. The number of rotatable bonds is 6. The maximum atomic E-state index is 10.6. The van der Waals surface area contributed by atoms with Crippen LogP contribution < -0.4 is 0 Å². The minimum Gasteiger partial charge on any atom is -0.348 e. The molecule has 0 N–H and O–H groups in total. The lowest BCUT2D eigenvalue weighted by Crippen LogP contribution is -1.96. The van der Waals surface area contributed by atoms with E-state index in [2.05, 4.69) is 18.1 Å². The van der Waals surface area contributed by atoms with Crippen molar-refractivity contribution in [1.29, 1.82) is 0 Å². The summed E-state index contributed by atoms with van der Waals surface area (Å²) in [6, 6.07) is 0. The van der Waals surface area contributed by atoms with Gasteiger partial charge in [-0.15, -0.1) is 0 Å². The Labute approximate surface area is 79.4 Å². The van der Waals surface area contributed by atoms with E-state index >= 15 is 0 Å². The van der Waals surface area contributed by atoms with E-state index in [4.69, 9.17) is 11.9 Å². The van der Waals surface area contributed by atoms with Gasteiger partial charge in [-0.25, -0.2) is 0 Å². The van der Waals surface area contributed by atoms with Crippen LogP contribution in [0.15, 0.2) is 0 Å². The summed E-state index contributed by atoms with van der Waals surface area (Å²) in [5, 5.41) is 0. The van der Waals surface area contributed by atoms with Crippen LogP contribution in [0.1, 0.15) is 46.0 Å². The predicted octanol–water partition coefficient (Wildman–Crippen LogP) is 3.29. The minimum absolute atomic E-state index is 0.318. The molecule has 0 bridgehead atoms. The van der Waals surface area contributed by atoms with Crippen LogP contribution in [0.5, 0.6) is 0 Å². The zero-order valence-electron chi connectivity index (χ0n) is 7.81. The number of carbonyl (C=O) groups is 1. The molecule has 12 heavy (non-hydrogen) atoms. The average molecular weight is 193 g/mol. The lowest BCUT2D eigenvalue weighted by molar-refractivity contribution is -0.134. The Morgan fingerprint density at radius 1 is 1.33 bits per heavy atom. The third kappa shape index (κ3) is 7.86. The summed E-state index contributed by atoms with van der Waals surface area (Å²) < 4.78 is 4.01. The molecule has 0 saturated heterocycles. The normalized spacial score (nSPS) is 10.3. The first-order valence-corrected chi connectivity index (χ1v) is 4.79. The number of hydrogen-bond acceptors (Lipinski definition) is 2. The van der Waals surface area contributed by atoms with Gasteiger partial charge in [0.2, 0.25) is 0 Å². The topological polar surface area (TPSA) is 26.3 Å². The number of unbranched alkanes of at least 4 members (excludes halogenated alkanes) is 2. The highest BCUT2D eigenvalue weighted by molar-refractivity contribution is 6.13. The van der Waals surface area contributed by atoms with Gasteiger partial charge in [0, 0.05) is 6.42 Å². The molecule has 0 heterocycles. The van der Waals surface area contributed by atoms with Gasteiger partial charge in [0.05, 0.1) is 0 Å². The molecule has 2 nitrogen and oxygen atoms in total. The van der Waals surface area contributed by atoms with Crippen LogP contribution in [0.4, 0.5) is 0 Å². The molecule has 0 fully saturated rings. The molecular formula is C9H17ClO2. The van der Waals surface area contributed by atoms with E-state index in [9.17, 15) is 4.79 Å². The van der Waals surface area contributed by atoms with E-state index in [0.717, 1.165) is 18.8 Å². The van der Waals surface area contributed by atoms with Gasteiger partial charge >= 0.3 is 5.97 Å². The largest absolute Gasteiger partial charge is 0.348 e. The second-order valence-electron chi connectivity index (χ2n) is 3.44. The Balaban J connectivity index is 3.05. The SMILES string of the molecule is CC(C)CCCCCC(=O)OCl. The van der Waals surface area contributed by atoms with Crippen LogP contribution in [0.2, 0.25) is 0 Å². The third-order valence-electron chi connectivity index (χ3n) is 1.75. The van der Waals surface area contributed by atoms with E-state index in [-0.39, 0.29) is 5.97 Å². The molecule has 0 spiro atoms. The van der Waals surface area contributed by atoms with Gasteiger partial charge in [-0.1, -0.05) is 33.1 Å². The lowest BCUT2D eigenvalue weighted by Gasteiger charge is -2.02. The van der Waals surface area contributed by atoms with E-state index in [0.29, 0.717) is 6.42 Å². The second kappa shape index (κ2) is 7.41. The van der Waals surface area contributed by atoms with Gasteiger partial charge in [0.1, 0.15) is 11.9 Å². The Morgan fingerprint density at radius 3 is 2.50 bits per heavy atom. The first-order valence-electron chi connectivity index (χ1n) is 4.48. The quantitative estimate of drug-likeness (QED) is 0.604. The maximum absolute atomic E-state index is 10.6. The summed E-state index contributed by atoms with van der Waals surface area (Å²) in [4.78, 5) is 10.6. The fraction of sp³-hybridized carbons (Fsp3) is 0.889. The van der Waals surface area contributed by atoms with Gasteiger partial charge < -0.3 is 4.29 Å². The van der Waals surface area contributed by atoms with Crippen molar-refractivity contribution in [3.8, 4) is 0 Å². The van der Waals surface area contributed by atoms with Crippen LogP contribution >= 0.6 is 11.9 Å². The lowest BCUT2D eigenvalue weighted by atomic mass is 10.0. The zero-order valence-corrected chi connectivity index (χ0v) is 8.56. The minimum atomic E-state index is -0.318. The van der Waals surface area contributed by atoms with Crippen molar-refractivity contribution in [2.75, 3.05) is 0 Å². The van der Waals surface area contributed by atoms with Crippen LogP contribution in [0.25, 0.3) is 0 Å². The fourth-order valence-electron chi connectivity index (χ4n) is 1.04. The average Bonchev–Trinajstić information content (AvgIpc) is 2.03. The van der Waals surface area contributed by atoms with Crippen LogP contribution in [-0.2, 0) is 9.08 Å². The van der Waals surface area contributed by atoms with E-state index in [1.165, 1.54) is 12.8 Å². The maximum Gasteiger partial charge on any atom is 0.324 e. The smallest absolute Gasteiger partial charge is 0.324 e. The molecule has 72 valence electrons. The van der Waals surface area contributed by atoms with Gasteiger partial charge in [0.15, 0.2) is 0 Å². The Bertz CT molecular complexity index is 124. The molecular weight excluding hydrogens is 176 g/mol. The van der Waals surface area contributed by atoms with Gasteiger partial charge in [-0.2, -0.15) is 0 Å². The first-order chi connectivity index (χ1) is 5.66. The monoisotopic (exact) mass is 192 g/mol. The molecule has 0 atom stereocenters. The van der Waals surface area contributed by atoms with Crippen molar-refractivity contribution in [2.24, 2.45) is 5.92 Å². The summed E-state index contributed by atoms with van der Waals surface area (Å²) in [5.41, 5.74) is 0. The summed E-state index contributed by atoms with van der Waals surface area (Å²) in [6.07, 6.45) is 4.84. The Kier molecular flexibility index (Phi) is 7.26. The fourth-order valence-corrected chi connectivity index (χ4v) is 1.11. The molecule has 0 radical (unpaired) electrons. The molecule has 0 rings (SSSR count). The number of carbonyl (C=O) groups excluding carboxylic acids is 1. The van der Waals surface area contributed by atoms with Gasteiger partial charge in [-0.3, -0.25) is 4.79 Å². The van der Waals surface area contributed by atoms with Crippen molar-refractivity contribution in [3.63, 3.8) is 0 Å². The highest BCUT2D eigenvalue weighted by atomic mass is 35.5. The van der Waals surface area contributed by atoms with Crippen LogP contribution in [0.3, 0.4) is 0 Å². The van der Waals surface area contributed by atoms with Crippen LogP contribution in [0, 0.1) is 5.92 Å². The third-order valence-corrected chi connectivity index (χ3v) is 1.92. The van der Waals surface area contributed by atoms with Crippen molar-refractivity contribution in [3.05, 3.63) is 0 Å². The Hall–Kier alpha value is -0.240. The van der Waals surface area contributed by atoms with E-state index < -0.39 is 0 Å². The molecule has 0 amide bonds. The molecule has 0 aromatic rings. The molecule has 0 saturated carbocycles.